The molecule has 1 amide bonds. The van der Waals surface area contributed by atoms with E-state index in [4.69, 9.17) is 9.15 Å². The Bertz CT molecular complexity index is 1120. The van der Waals surface area contributed by atoms with Crippen LogP contribution in [-0.4, -0.2) is 33.2 Å². The summed E-state index contributed by atoms with van der Waals surface area (Å²) in [5.41, 5.74) is 3.42. The Morgan fingerprint density at radius 1 is 1.29 bits per heavy atom. The van der Waals surface area contributed by atoms with E-state index in [9.17, 15) is 4.79 Å². The van der Waals surface area contributed by atoms with Crippen LogP contribution < -0.4 is 10.1 Å². The van der Waals surface area contributed by atoms with E-state index in [-0.39, 0.29) is 5.91 Å². The molecule has 0 radical (unpaired) electrons. The number of hydrogen-bond acceptors (Lipinski definition) is 6. The van der Waals surface area contributed by atoms with Gasteiger partial charge in [0.05, 0.1) is 53.7 Å². The number of amides is 1. The van der Waals surface area contributed by atoms with E-state index < -0.39 is 0 Å². The number of carbonyl (C=O) groups is 1. The Labute approximate surface area is 160 Å². The minimum absolute atomic E-state index is 0.245. The summed E-state index contributed by atoms with van der Waals surface area (Å²) in [4.78, 5) is 20.9. The Morgan fingerprint density at radius 3 is 2.96 bits per heavy atom. The van der Waals surface area contributed by atoms with Crippen LogP contribution in [0.5, 0.6) is 5.75 Å². The summed E-state index contributed by atoms with van der Waals surface area (Å²) in [6, 6.07) is 5.27. The van der Waals surface area contributed by atoms with Crippen molar-refractivity contribution in [3.8, 4) is 5.75 Å². The molecule has 4 aromatic rings. The average molecular weight is 375 g/mol. The van der Waals surface area contributed by atoms with Crippen molar-refractivity contribution in [2.75, 3.05) is 7.11 Å². The molecule has 0 spiro atoms. The fraction of sp³-hybridized carbons (Fsp3) is 0.100. The number of nitrogens with zero attached hydrogens (tertiary/aromatic N) is 3. The maximum Gasteiger partial charge on any atom is 0.255 e. The van der Waals surface area contributed by atoms with Crippen LogP contribution in [0, 0.1) is 0 Å². The average Bonchev–Trinajstić information content (AvgIpc) is 3.40. The summed E-state index contributed by atoms with van der Waals surface area (Å²) in [6.07, 6.45) is 11.7. The van der Waals surface area contributed by atoms with Gasteiger partial charge in [-0.1, -0.05) is 0 Å². The molecule has 0 saturated carbocycles. The Balaban J connectivity index is 1.66. The highest BCUT2D eigenvalue weighted by Crippen LogP contribution is 2.32. The van der Waals surface area contributed by atoms with Gasteiger partial charge in [0.2, 0.25) is 0 Å². The molecule has 140 valence electrons. The van der Waals surface area contributed by atoms with Crippen LogP contribution in [0.3, 0.4) is 0 Å². The molecule has 0 aliphatic heterocycles. The molecular weight excluding hydrogens is 358 g/mol. The third-order valence-electron chi connectivity index (χ3n) is 4.19. The van der Waals surface area contributed by atoms with Gasteiger partial charge in [0.15, 0.2) is 0 Å². The third kappa shape index (κ3) is 3.48. The first-order valence-electron chi connectivity index (χ1n) is 8.54. The number of nitrogens with one attached hydrogen (secondary N) is 2. The molecule has 4 rings (SSSR count). The van der Waals surface area contributed by atoms with Crippen molar-refractivity contribution in [2.45, 2.75) is 6.54 Å². The number of benzene rings is 1. The molecule has 0 aliphatic carbocycles. The maximum atomic E-state index is 12.7. The molecule has 8 heteroatoms. The fourth-order valence-corrected chi connectivity index (χ4v) is 2.85. The summed E-state index contributed by atoms with van der Waals surface area (Å²) >= 11 is 0. The van der Waals surface area contributed by atoms with Crippen LogP contribution >= 0.6 is 0 Å². The van der Waals surface area contributed by atoms with Gasteiger partial charge in [-0.3, -0.25) is 19.9 Å². The number of carbonyl (C=O) groups excluding carboxylic acids is 1. The number of aromatic amines is 1. The van der Waals surface area contributed by atoms with E-state index in [1.807, 2.05) is 12.2 Å². The first-order valence-corrected chi connectivity index (χ1v) is 8.54. The van der Waals surface area contributed by atoms with Gasteiger partial charge in [-0.15, -0.1) is 0 Å². The maximum absolute atomic E-state index is 12.7. The molecule has 28 heavy (non-hydrogen) atoms. The second-order valence-corrected chi connectivity index (χ2v) is 5.96. The predicted octanol–water partition coefficient (Wildman–Crippen LogP) is 3.05. The van der Waals surface area contributed by atoms with Gasteiger partial charge in [0.25, 0.3) is 5.91 Å². The standard InChI is InChI=1S/C20H17N5O3/c1-27-19-15(20(26)23-10-13-6-9-28-12-13)3-5-17-18(19)16(24-25-17)4-2-14-11-21-7-8-22-14/h2-9,11-12H,10H2,1H3,(H,23,26)(H,24,25). The van der Waals surface area contributed by atoms with E-state index in [0.717, 1.165) is 10.9 Å². The normalized spacial score (nSPS) is 11.2. The molecule has 0 fully saturated rings. The van der Waals surface area contributed by atoms with Crippen LogP contribution in [0.15, 0.2) is 53.7 Å². The zero-order valence-corrected chi connectivity index (χ0v) is 15.0. The Morgan fingerprint density at radius 2 is 2.21 bits per heavy atom. The number of rotatable bonds is 6. The van der Waals surface area contributed by atoms with E-state index >= 15 is 0 Å². The van der Waals surface area contributed by atoms with Crippen LogP contribution in [-0.2, 0) is 6.54 Å². The molecule has 3 heterocycles. The van der Waals surface area contributed by atoms with E-state index in [1.165, 1.54) is 7.11 Å². The van der Waals surface area contributed by atoms with Gasteiger partial charge in [-0.25, -0.2) is 0 Å². The van der Waals surface area contributed by atoms with Crippen LogP contribution in [0.1, 0.15) is 27.3 Å². The van der Waals surface area contributed by atoms with Crippen molar-refractivity contribution in [3.05, 3.63) is 71.8 Å². The molecule has 0 unspecified atom stereocenters. The zero-order chi connectivity index (χ0) is 19.3. The monoisotopic (exact) mass is 375 g/mol. The van der Waals surface area contributed by atoms with Crippen LogP contribution in [0.2, 0.25) is 0 Å². The highest BCUT2D eigenvalue weighted by molar-refractivity contribution is 6.05. The lowest BCUT2D eigenvalue weighted by Crippen LogP contribution is -2.23. The van der Waals surface area contributed by atoms with Crippen molar-refractivity contribution >= 4 is 29.0 Å². The van der Waals surface area contributed by atoms with Crippen molar-refractivity contribution in [1.82, 2.24) is 25.5 Å². The molecule has 1 aromatic carbocycles. The fourth-order valence-electron chi connectivity index (χ4n) is 2.85. The molecular formula is C20H17N5O3. The molecule has 0 saturated heterocycles. The van der Waals surface area contributed by atoms with Gasteiger partial charge in [-0.05, 0) is 30.4 Å². The first-order chi connectivity index (χ1) is 13.8. The summed E-state index contributed by atoms with van der Waals surface area (Å²) in [6.45, 7) is 0.362. The van der Waals surface area contributed by atoms with Gasteiger partial charge in [0.1, 0.15) is 5.75 Å². The van der Waals surface area contributed by atoms with E-state index in [0.29, 0.717) is 34.8 Å². The second kappa shape index (κ2) is 7.75. The van der Waals surface area contributed by atoms with Gasteiger partial charge < -0.3 is 14.5 Å². The lowest BCUT2D eigenvalue weighted by Gasteiger charge is -2.10. The van der Waals surface area contributed by atoms with Crippen LogP contribution in [0.25, 0.3) is 23.1 Å². The largest absolute Gasteiger partial charge is 0.495 e. The molecule has 0 atom stereocenters. The number of aromatic nitrogens is 4. The second-order valence-electron chi connectivity index (χ2n) is 5.96. The van der Waals surface area contributed by atoms with Gasteiger partial charge in [0, 0.05) is 24.5 Å². The Hall–Kier alpha value is -3.94. The van der Waals surface area contributed by atoms with Crippen LogP contribution in [0.4, 0.5) is 0 Å². The van der Waals surface area contributed by atoms with Gasteiger partial charge in [-0.2, -0.15) is 5.10 Å². The van der Waals surface area contributed by atoms with Gasteiger partial charge >= 0.3 is 0 Å². The number of ether oxygens (including phenoxy) is 1. The number of H-pyrrole nitrogens is 1. The molecule has 3 aromatic heterocycles. The summed E-state index contributed by atoms with van der Waals surface area (Å²) in [7, 11) is 1.53. The lowest BCUT2D eigenvalue weighted by atomic mass is 10.1. The summed E-state index contributed by atoms with van der Waals surface area (Å²) < 4.78 is 10.6. The smallest absolute Gasteiger partial charge is 0.255 e. The van der Waals surface area contributed by atoms with E-state index in [2.05, 4.69) is 25.5 Å². The van der Waals surface area contributed by atoms with Crippen molar-refractivity contribution in [2.24, 2.45) is 0 Å². The number of methoxy groups -OCH3 is 1. The number of fused-ring (bicyclic) bond motifs is 1. The zero-order valence-electron chi connectivity index (χ0n) is 15.0. The summed E-state index contributed by atoms with van der Waals surface area (Å²) in [5.74, 6) is 0.208. The minimum Gasteiger partial charge on any atom is -0.495 e. The highest BCUT2D eigenvalue weighted by atomic mass is 16.5. The molecule has 0 bridgehead atoms. The van der Waals surface area contributed by atoms with Crippen molar-refractivity contribution in [3.63, 3.8) is 0 Å². The SMILES string of the molecule is COc1c(C(=O)NCc2ccoc2)ccc2n[nH]c(C=Cc3cnccn3)c12. The highest BCUT2D eigenvalue weighted by Gasteiger charge is 2.18. The quantitative estimate of drug-likeness (QED) is 0.536. The molecule has 2 N–H and O–H groups in total. The van der Waals surface area contributed by atoms with E-state index in [1.54, 1.807) is 49.3 Å². The predicted molar refractivity (Wildman–Crippen MR) is 103 cm³/mol. The Kier molecular flexibility index (Phi) is 4.83. The number of furan rings is 1. The van der Waals surface area contributed by atoms with Crippen molar-refractivity contribution < 1.29 is 13.9 Å². The summed E-state index contributed by atoms with van der Waals surface area (Å²) in [5, 5.41) is 10.8. The first kappa shape index (κ1) is 17.5. The molecule has 8 nitrogen and oxygen atoms in total. The number of hydrogen-bond donors (Lipinski definition) is 2. The lowest BCUT2D eigenvalue weighted by molar-refractivity contribution is 0.0948. The molecule has 0 aliphatic rings. The van der Waals surface area contributed by atoms with Crippen molar-refractivity contribution in [1.29, 1.82) is 0 Å². The minimum atomic E-state index is -0.245. The topological polar surface area (TPSA) is 106 Å². The third-order valence-corrected chi connectivity index (χ3v) is 4.19.